The molecule has 1 fully saturated rings. The molecule has 134 valence electrons. The highest BCUT2D eigenvalue weighted by Crippen LogP contribution is 2.28. The van der Waals surface area contributed by atoms with E-state index in [-0.39, 0.29) is 11.7 Å². The molecule has 1 aliphatic rings. The molecule has 0 spiro atoms. The number of hydrogen-bond acceptors (Lipinski definition) is 7. The zero-order chi connectivity index (χ0) is 17.8. The van der Waals surface area contributed by atoms with Crippen molar-refractivity contribution >= 4 is 22.4 Å². The summed E-state index contributed by atoms with van der Waals surface area (Å²) >= 11 is 1.40. The normalized spacial score (nSPS) is 16.9. The van der Waals surface area contributed by atoms with E-state index in [0.29, 0.717) is 36.0 Å². The van der Waals surface area contributed by atoms with E-state index in [1.807, 2.05) is 5.38 Å². The molecule has 0 radical (unpaired) electrons. The number of ether oxygens (including phenoxy) is 1. The number of thiazole rings is 1. The number of rotatable bonds is 6. The summed E-state index contributed by atoms with van der Waals surface area (Å²) in [5, 5.41) is 5.20. The Kier molecular flexibility index (Phi) is 5.50. The summed E-state index contributed by atoms with van der Waals surface area (Å²) in [5.74, 6) is 0.0839. The summed E-state index contributed by atoms with van der Waals surface area (Å²) in [4.78, 5) is 28.7. The molecule has 1 atom stereocenters. The maximum Gasteiger partial charge on any atom is 0.349 e. The highest BCUT2D eigenvalue weighted by atomic mass is 32.1. The molecular formula is C17H21N3O4S. The van der Waals surface area contributed by atoms with Crippen LogP contribution in [0.15, 0.2) is 20.7 Å². The van der Waals surface area contributed by atoms with Gasteiger partial charge < -0.3 is 20.2 Å². The van der Waals surface area contributed by atoms with Gasteiger partial charge in [-0.2, -0.15) is 0 Å². The Morgan fingerprint density at radius 1 is 1.52 bits per heavy atom. The van der Waals surface area contributed by atoms with Crippen molar-refractivity contribution in [1.82, 2.24) is 10.3 Å². The van der Waals surface area contributed by atoms with Crippen LogP contribution in [0.25, 0.3) is 0 Å². The number of nitrogens with two attached hydrogens (primary N) is 1. The number of amides is 1. The zero-order valence-corrected chi connectivity index (χ0v) is 14.9. The van der Waals surface area contributed by atoms with Crippen LogP contribution in [0.2, 0.25) is 0 Å². The van der Waals surface area contributed by atoms with Crippen LogP contribution in [0.5, 0.6) is 0 Å². The Bertz CT molecular complexity index is 808. The summed E-state index contributed by atoms with van der Waals surface area (Å²) in [7, 11) is 0. The first kappa shape index (κ1) is 17.6. The molecule has 3 heterocycles. The van der Waals surface area contributed by atoms with E-state index in [4.69, 9.17) is 14.9 Å². The van der Waals surface area contributed by atoms with Gasteiger partial charge in [-0.3, -0.25) is 4.79 Å². The number of nitrogens with zero attached hydrogens (tertiary/aromatic N) is 1. The molecule has 25 heavy (non-hydrogen) atoms. The van der Waals surface area contributed by atoms with Gasteiger partial charge in [0.2, 0.25) is 0 Å². The summed E-state index contributed by atoms with van der Waals surface area (Å²) in [6.45, 7) is 2.85. The molecular weight excluding hydrogens is 342 g/mol. The number of nitrogens with one attached hydrogen (secondary N) is 1. The predicted molar refractivity (Wildman–Crippen MR) is 94.8 cm³/mol. The minimum atomic E-state index is -0.615. The maximum absolute atomic E-state index is 12.3. The first-order valence-electron chi connectivity index (χ1n) is 8.29. The van der Waals surface area contributed by atoms with Crippen LogP contribution in [0.1, 0.15) is 52.7 Å². The molecule has 2 aromatic heterocycles. The van der Waals surface area contributed by atoms with Crippen molar-refractivity contribution in [3.05, 3.63) is 44.4 Å². The zero-order valence-electron chi connectivity index (χ0n) is 14.0. The average molecular weight is 363 g/mol. The first-order valence-corrected chi connectivity index (χ1v) is 9.17. The Hall–Kier alpha value is -2.19. The van der Waals surface area contributed by atoms with Gasteiger partial charge in [0.25, 0.3) is 5.91 Å². The largest absolute Gasteiger partial charge is 0.424 e. The molecule has 0 saturated carbocycles. The molecule has 3 rings (SSSR count). The molecule has 1 aliphatic heterocycles. The molecule has 2 aromatic rings. The van der Waals surface area contributed by atoms with Crippen LogP contribution in [-0.4, -0.2) is 24.0 Å². The Morgan fingerprint density at radius 3 is 3.00 bits per heavy atom. The van der Waals surface area contributed by atoms with Gasteiger partial charge in [-0.25, -0.2) is 9.78 Å². The van der Waals surface area contributed by atoms with Crippen molar-refractivity contribution in [3.63, 3.8) is 0 Å². The summed E-state index contributed by atoms with van der Waals surface area (Å²) in [5.41, 5.74) is 6.53. The van der Waals surface area contributed by atoms with Gasteiger partial charge in [-0.15, -0.1) is 11.3 Å². The van der Waals surface area contributed by atoms with E-state index >= 15 is 0 Å². The summed E-state index contributed by atoms with van der Waals surface area (Å²) < 4.78 is 10.8. The fourth-order valence-corrected chi connectivity index (χ4v) is 3.46. The fourth-order valence-electron chi connectivity index (χ4n) is 2.86. The third kappa shape index (κ3) is 4.26. The lowest BCUT2D eigenvalue weighted by Gasteiger charge is -2.11. The number of aromatic nitrogens is 1. The van der Waals surface area contributed by atoms with Crippen LogP contribution in [-0.2, 0) is 11.2 Å². The van der Waals surface area contributed by atoms with Gasteiger partial charge in [0.05, 0.1) is 5.69 Å². The Balaban J connectivity index is 1.58. The van der Waals surface area contributed by atoms with E-state index in [1.54, 1.807) is 13.0 Å². The number of nitrogen functional groups attached to an aromatic ring is 1. The number of aryl methyl sites for hydroxylation is 2. The van der Waals surface area contributed by atoms with Crippen molar-refractivity contribution < 1.29 is 13.9 Å². The van der Waals surface area contributed by atoms with Gasteiger partial charge in [0.15, 0.2) is 5.13 Å². The number of carbonyl (C=O) groups is 1. The standard InChI is InChI=1S/C17H21N3O4S/c1-10-8-13(12-5-3-7-23-12)24-16(22)14(10)15(21)19-6-2-4-11-9-25-17(18)20-11/h8-9,12H,2-7H2,1H3,(H2,18,20)(H,19,21). The molecule has 8 heteroatoms. The van der Waals surface area contributed by atoms with Crippen LogP contribution in [0.4, 0.5) is 5.13 Å². The van der Waals surface area contributed by atoms with E-state index in [0.717, 1.165) is 25.0 Å². The smallest absolute Gasteiger partial charge is 0.349 e. The van der Waals surface area contributed by atoms with Crippen molar-refractivity contribution in [3.8, 4) is 0 Å². The minimum absolute atomic E-state index is 0.0552. The third-order valence-electron chi connectivity index (χ3n) is 4.11. The first-order chi connectivity index (χ1) is 12.0. The van der Waals surface area contributed by atoms with E-state index < -0.39 is 11.5 Å². The average Bonchev–Trinajstić information content (AvgIpc) is 3.22. The van der Waals surface area contributed by atoms with E-state index in [2.05, 4.69) is 10.3 Å². The Labute approximate surface area is 149 Å². The SMILES string of the molecule is Cc1cc(C2CCCO2)oc(=O)c1C(=O)NCCCc1csc(N)n1. The molecule has 1 unspecified atom stereocenters. The lowest BCUT2D eigenvalue weighted by atomic mass is 10.1. The monoisotopic (exact) mass is 363 g/mol. The second kappa shape index (κ2) is 7.79. The van der Waals surface area contributed by atoms with Crippen molar-refractivity contribution in [2.45, 2.75) is 38.7 Å². The van der Waals surface area contributed by atoms with E-state index in [9.17, 15) is 9.59 Å². The molecule has 1 amide bonds. The topological polar surface area (TPSA) is 107 Å². The second-order valence-electron chi connectivity index (χ2n) is 6.03. The predicted octanol–water partition coefficient (Wildman–Crippen LogP) is 2.20. The van der Waals surface area contributed by atoms with Gasteiger partial charge in [-0.1, -0.05) is 0 Å². The molecule has 7 nitrogen and oxygen atoms in total. The maximum atomic E-state index is 12.3. The van der Waals surface area contributed by atoms with Crippen LogP contribution >= 0.6 is 11.3 Å². The molecule has 0 aliphatic carbocycles. The number of carbonyl (C=O) groups excluding carboxylic acids is 1. The van der Waals surface area contributed by atoms with Crippen LogP contribution in [0.3, 0.4) is 0 Å². The highest BCUT2D eigenvalue weighted by Gasteiger charge is 2.24. The number of anilines is 1. The van der Waals surface area contributed by atoms with Crippen LogP contribution in [0, 0.1) is 6.92 Å². The number of hydrogen-bond donors (Lipinski definition) is 2. The lowest BCUT2D eigenvalue weighted by Crippen LogP contribution is -2.30. The van der Waals surface area contributed by atoms with Crippen LogP contribution < -0.4 is 16.7 Å². The van der Waals surface area contributed by atoms with Gasteiger partial charge in [0.1, 0.15) is 17.4 Å². The minimum Gasteiger partial charge on any atom is -0.424 e. The van der Waals surface area contributed by atoms with E-state index in [1.165, 1.54) is 11.3 Å². The molecule has 3 N–H and O–H groups in total. The van der Waals surface area contributed by atoms with Gasteiger partial charge in [0, 0.05) is 18.5 Å². The molecule has 1 saturated heterocycles. The highest BCUT2D eigenvalue weighted by molar-refractivity contribution is 7.13. The summed E-state index contributed by atoms with van der Waals surface area (Å²) in [6, 6.07) is 1.73. The summed E-state index contributed by atoms with van der Waals surface area (Å²) in [6.07, 6.45) is 3.02. The van der Waals surface area contributed by atoms with Crippen molar-refractivity contribution in [2.24, 2.45) is 0 Å². The van der Waals surface area contributed by atoms with Crippen molar-refractivity contribution in [1.29, 1.82) is 0 Å². The van der Waals surface area contributed by atoms with Gasteiger partial charge >= 0.3 is 5.63 Å². The van der Waals surface area contributed by atoms with Crippen molar-refractivity contribution in [2.75, 3.05) is 18.9 Å². The molecule has 0 aromatic carbocycles. The fraction of sp³-hybridized carbons (Fsp3) is 0.471. The quantitative estimate of drug-likeness (QED) is 0.762. The molecule has 0 bridgehead atoms. The lowest BCUT2D eigenvalue weighted by molar-refractivity contribution is 0.0883. The van der Waals surface area contributed by atoms with Gasteiger partial charge in [-0.05, 0) is 44.2 Å². The second-order valence-corrected chi connectivity index (χ2v) is 6.92. The Morgan fingerprint density at radius 2 is 2.36 bits per heavy atom. The third-order valence-corrected chi connectivity index (χ3v) is 4.83.